The number of benzene rings is 1. The summed E-state index contributed by atoms with van der Waals surface area (Å²) in [6.45, 7) is 3.60. The number of anilines is 1. The third-order valence-electron chi connectivity index (χ3n) is 2.94. The van der Waals surface area contributed by atoms with Crippen molar-refractivity contribution in [2.75, 3.05) is 11.9 Å². The molecule has 1 amide bonds. The van der Waals surface area contributed by atoms with Gasteiger partial charge in [-0.3, -0.25) is 9.78 Å². The summed E-state index contributed by atoms with van der Waals surface area (Å²) in [6, 6.07) is 7.21. The molecule has 4 heteroatoms. The predicted molar refractivity (Wildman–Crippen MR) is 82.1 cm³/mol. The van der Waals surface area contributed by atoms with Gasteiger partial charge in [0.1, 0.15) is 6.61 Å². The minimum atomic E-state index is -0.207. The van der Waals surface area contributed by atoms with Gasteiger partial charge in [-0.15, -0.1) is 0 Å². The van der Waals surface area contributed by atoms with Gasteiger partial charge in [-0.1, -0.05) is 11.8 Å². The largest absolute Gasteiger partial charge is 0.384 e. The highest BCUT2D eigenvalue weighted by molar-refractivity contribution is 6.04. The van der Waals surface area contributed by atoms with Gasteiger partial charge in [-0.25, -0.2) is 0 Å². The van der Waals surface area contributed by atoms with E-state index in [1.54, 1.807) is 24.5 Å². The Morgan fingerprint density at radius 2 is 2.14 bits per heavy atom. The molecule has 0 aliphatic heterocycles. The number of amides is 1. The number of nitrogens with zero attached hydrogens (tertiary/aromatic N) is 1. The molecule has 2 rings (SSSR count). The quantitative estimate of drug-likeness (QED) is 0.830. The molecular formula is C17H16N2O2. The highest BCUT2D eigenvalue weighted by atomic mass is 16.2. The zero-order valence-corrected chi connectivity index (χ0v) is 12.0. The lowest BCUT2D eigenvalue weighted by Gasteiger charge is -2.08. The van der Waals surface area contributed by atoms with E-state index in [-0.39, 0.29) is 12.5 Å². The smallest absolute Gasteiger partial charge is 0.255 e. The van der Waals surface area contributed by atoms with Crippen LogP contribution in [0.1, 0.15) is 27.0 Å². The third-order valence-corrected chi connectivity index (χ3v) is 2.94. The summed E-state index contributed by atoms with van der Waals surface area (Å²) in [5.74, 6) is 5.19. The van der Waals surface area contributed by atoms with E-state index >= 15 is 0 Å². The fourth-order valence-corrected chi connectivity index (χ4v) is 1.92. The number of nitrogens with one attached hydrogen (secondary N) is 1. The van der Waals surface area contributed by atoms with Crippen LogP contribution in [0.4, 0.5) is 5.69 Å². The number of hydrogen-bond donors (Lipinski definition) is 2. The Morgan fingerprint density at radius 3 is 2.86 bits per heavy atom. The van der Waals surface area contributed by atoms with Crippen molar-refractivity contribution in [1.82, 2.24) is 4.98 Å². The maximum absolute atomic E-state index is 12.3. The van der Waals surface area contributed by atoms with Crippen LogP contribution in [0.15, 0.2) is 36.7 Å². The fraction of sp³-hybridized carbons (Fsp3) is 0.176. The van der Waals surface area contributed by atoms with Crippen molar-refractivity contribution in [1.29, 1.82) is 0 Å². The lowest BCUT2D eigenvalue weighted by Crippen LogP contribution is -2.13. The van der Waals surface area contributed by atoms with Gasteiger partial charge in [0.2, 0.25) is 0 Å². The average Bonchev–Trinajstić information content (AvgIpc) is 2.47. The normalized spacial score (nSPS) is 9.67. The van der Waals surface area contributed by atoms with Crippen LogP contribution >= 0.6 is 0 Å². The van der Waals surface area contributed by atoms with Gasteiger partial charge in [0.15, 0.2) is 0 Å². The van der Waals surface area contributed by atoms with Crippen LogP contribution in [0.2, 0.25) is 0 Å². The van der Waals surface area contributed by atoms with Gasteiger partial charge >= 0.3 is 0 Å². The summed E-state index contributed by atoms with van der Waals surface area (Å²) in [6.07, 6.45) is 3.30. The van der Waals surface area contributed by atoms with E-state index in [0.29, 0.717) is 16.8 Å². The Bertz CT molecular complexity index is 727. The lowest BCUT2D eigenvalue weighted by molar-refractivity contribution is 0.102. The molecule has 0 saturated heterocycles. The molecule has 0 radical (unpaired) electrons. The van der Waals surface area contributed by atoms with Crippen molar-refractivity contribution in [3.8, 4) is 11.8 Å². The van der Waals surface area contributed by atoms with Crippen LogP contribution in [-0.4, -0.2) is 22.6 Å². The molecule has 21 heavy (non-hydrogen) atoms. The zero-order chi connectivity index (χ0) is 15.2. The summed E-state index contributed by atoms with van der Waals surface area (Å²) in [5, 5.41) is 11.6. The van der Waals surface area contributed by atoms with Crippen molar-refractivity contribution < 1.29 is 9.90 Å². The molecule has 1 aromatic carbocycles. The highest BCUT2D eigenvalue weighted by Gasteiger charge is 2.09. The summed E-state index contributed by atoms with van der Waals surface area (Å²) in [5.41, 5.74) is 3.81. The summed E-state index contributed by atoms with van der Waals surface area (Å²) in [7, 11) is 0. The maximum atomic E-state index is 12.3. The molecule has 0 aliphatic carbocycles. The first kappa shape index (κ1) is 14.8. The van der Waals surface area contributed by atoms with Crippen molar-refractivity contribution >= 4 is 11.6 Å². The van der Waals surface area contributed by atoms with Crippen molar-refractivity contribution in [2.24, 2.45) is 0 Å². The maximum Gasteiger partial charge on any atom is 0.255 e. The topological polar surface area (TPSA) is 62.2 Å². The lowest BCUT2D eigenvalue weighted by atomic mass is 10.1. The monoisotopic (exact) mass is 280 g/mol. The number of carbonyl (C=O) groups excluding carboxylic acids is 1. The molecule has 1 aromatic heterocycles. The SMILES string of the molecule is Cc1cc(C#CCO)cc(C(=O)Nc2cnccc2C)c1. The van der Waals surface area contributed by atoms with Crippen molar-refractivity contribution in [3.05, 3.63) is 58.9 Å². The van der Waals surface area contributed by atoms with Crippen molar-refractivity contribution in [3.63, 3.8) is 0 Å². The molecule has 0 unspecified atom stereocenters. The molecule has 0 aliphatic rings. The van der Waals surface area contributed by atoms with E-state index in [9.17, 15) is 4.79 Å². The summed E-state index contributed by atoms with van der Waals surface area (Å²) < 4.78 is 0. The van der Waals surface area contributed by atoms with Gasteiger partial charge in [0.05, 0.1) is 11.9 Å². The number of aliphatic hydroxyl groups excluding tert-OH is 1. The van der Waals surface area contributed by atoms with Gasteiger partial charge in [0.25, 0.3) is 5.91 Å². The first-order valence-electron chi connectivity index (χ1n) is 6.53. The Labute approximate surface area is 123 Å². The van der Waals surface area contributed by atoms with E-state index in [2.05, 4.69) is 22.1 Å². The molecule has 0 atom stereocenters. The van der Waals surface area contributed by atoms with Gasteiger partial charge in [0, 0.05) is 17.3 Å². The Balaban J connectivity index is 2.27. The Hall–Kier alpha value is -2.64. The molecule has 106 valence electrons. The number of aliphatic hydroxyl groups is 1. The molecule has 0 saturated carbocycles. The third kappa shape index (κ3) is 3.91. The fourth-order valence-electron chi connectivity index (χ4n) is 1.92. The van der Waals surface area contributed by atoms with E-state index < -0.39 is 0 Å². The second-order valence-corrected chi connectivity index (χ2v) is 4.69. The van der Waals surface area contributed by atoms with Gasteiger partial charge < -0.3 is 10.4 Å². The van der Waals surface area contributed by atoms with Gasteiger partial charge in [-0.05, 0) is 49.2 Å². The van der Waals surface area contributed by atoms with Crippen LogP contribution in [0.25, 0.3) is 0 Å². The number of aromatic nitrogens is 1. The zero-order valence-electron chi connectivity index (χ0n) is 12.0. The molecule has 2 aromatic rings. The number of aryl methyl sites for hydroxylation is 2. The van der Waals surface area contributed by atoms with E-state index in [1.165, 1.54) is 0 Å². The van der Waals surface area contributed by atoms with Crippen molar-refractivity contribution in [2.45, 2.75) is 13.8 Å². The molecule has 1 heterocycles. The first-order valence-corrected chi connectivity index (χ1v) is 6.53. The van der Waals surface area contributed by atoms with Crippen LogP contribution in [0.3, 0.4) is 0 Å². The van der Waals surface area contributed by atoms with E-state index in [1.807, 2.05) is 26.0 Å². The average molecular weight is 280 g/mol. The van der Waals surface area contributed by atoms with Crippen LogP contribution in [-0.2, 0) is 0 Å². The minimum absolute atomic E-state index is 0.204. The van der Waals surface area contributed by atoms with Gasteiger partial charge in [-0.2, -0.15) is 0 Å². The second kappa shape index (κ2) is 6.69. The molecule has 0 bridgehead atoms. The minimum Gasteiger partial charge on any atom is -0.384 e. The number of carbonyl (C=O) groups is 1. The number of hydrogen-bond acceptors (Lipinski definition) is 3. The van der Waals surface area contributed by atoms with E-state index in [0.717, 1.165) is 11.1 Å². The molecule has 2 N–H and O–H groups in total. The molecular weight excluding hydrogens is 264 g/mol. The Kier molecular flexibility index (Phi) is 4.70. The molecule has 4 nitrogen and oxygen atoms in total. The summed E-state index contributed by atoms with van der Waals surface area (Å²) in [4.78, 5) is 16.3. The van der Waals surface area contributed by atoms with Crippen LogP contribution in [0, 0.1) is 25.7 Å². The first-order chi connectivity index (χ1) is 10.1. The molecule has 0 spiro atoms. The highest BCUT2D eigenvalue weighted by Crippen LogP contribution is 2.15. The summed E-state index contributed by atoms with van der Waals surface area (Å²) >= 11 is 0. The number of pyridine rings is 1. The molecule has 0 fully saturated rings. The van der Waals surface area contributed by atoms with Crippen LogP contribution < -0.4 is 5.32 Å². The standard InChI is InChI=1S/C17H16N2O2/c1-12-8-14(4-3-7-20)10-15(9-12)17(21)19-16-11-18-6-5-13(16)2/h5-6,8-11,20H,7H2,1-2H3,(H,19,21). The van der Waals surface area contributed by atoms with E-state index in [4.69, 9.17) is 5.11 Å². The Morgan fingerprint density at radius 1 is 1.33 bits per heavy atom. The second-order valence-electron chi connectivity index (χ2n) is 4.69. The van der Waals surface area contributed by atoms with Crippen LogP contribution in [0.5, 0.6) is 0 Å². The predicted octanol–water partition coefficient (Wildman–Crippen LogP) is 2.29. The number of rotatable bonds is 2.